The third-order valence-corrected chi connectivity index (χ3v) is 5.24. The van der Waals surface area contributed by atoms with E-state index in [1.54, 1.807) is 18.4 Å². The zero-order valence-corrected chi connectivity index (χ0v) is 16.2. The Balaban J connectivity index is 0.00000242. The van der Waals surface area contributed by atoms with E-state index in [0.717, 1.165) is 43.8 Å². The highest BCUT2D eigenvalue weighted by Gasteiger charge is 2.39. The average molecular weight is 384 g/mol. The summed E-state index contributed by atoms with van der Waals surface area (Å²) in [6, 6.07) is 0. The Morgan fingerprint density at radius 2 is 2.13 bits per heavy atom. The molecule has 0 aliphatic carbocycles. The number of aryl methyl sites for hydroxylation is 1. The largest absolute Gasteiger partial charge is 0.384 e. The second kappa shape index (κ2) is 11.2. The van der Waals surface area contributed by atoms with Gasteiger partial charge in [0.2, 0.25) is 5.91 Å². The minimum Gasteiger partial charge on any atom is -0.384 e. The van der Waals surface area contributed by atoms with Gasteiger partial charge in [0.1, 0.15) is 0 Å². The first kappa shape index (κ1) is 22.6. The summed E-state index contributed by atoms with van der Waals surface area (Å²) in [4.78, 5) is 18.2. The van der Waals surface area contributed by atoms with Crippen molar-refractivity contribution >= 4 is 42.1 Å². The van der Waals surface area contributed by atoms with Crippen molar-refractivity contribution in [3.05, 3.63) is 16.1 Å². The summed E-state index contributed by atoms with van der Waals surface area (Å²) in [5.41, 5.74) is -0.364. The number of aromatic nitrogens is 1. The molecule has 2 heterocycles. The van der Waals surface area contributed by atoms with Gasteiger partial charge in [-0.3, -0.25) is 4.79 Å². The smallest absolute Gasteiger partial charge is 0.228 e. The summed E-state index contributed by atoms with van der Waals surface area (Å²) < 4.78 is 5.29. The SMILES string of the molecule is CCc1cnc(CCNC(=O)C2(COC)CCNCC2)s1.Cl.Cl. The Morgan fingerprint density at radius 3 is 2.70 bits per heavy atom. The monoisotopic (exact) mass is 383 g/mol. The standard InChI is InChI=1S/C15H25N3O2S.2ClH/c1-3-12-10-18-13(21-12)4-7-17-14(19)15(11-20-2)5-8-16-9-6-15;;/h10,16H,3-9,11H2,1-2H3,(H,17,19);2*1H. The number of halogens is 2. The first-order chi connectivity index (χ1) is 10.2. The highest BCUT2D eigenvalue weighted by Crippen LogP contribution is 2.29. The van der Waals surface area contributed by atoms with Gasteiger partial charge in [-0.05, 0) is 32.4 Å². The van der Waals surface area contributed by atoms with Crippen molar-refractivity contribution in [3.8, 4) is 0 Å². The Labute approximate surface area is 154 Å². The molecule has 0 atom stereocenters. The van der Waals surface area contributed by atoms with Crippen molar-refractivity contribution in [1.82, 2.24) is 15.6 Å². The molecule has 1 aromatic rings. The molecule has 0 saturated carbocycles. The molecule has 8 heteroatoms. The molecule has 0 bridgehead atoms. The average Bonchev–Trinajstić information content (AvgIpc) is 2.96. The molecule has 1 aromatic heterocycles. The molecule has 0 radical (unpaired) electrons. The van der Waals surface area contributed by atoms with Gasteiger partial charge in [0, 0.05) is 31.1 Å². The summed E-state index contributed by atoms with van der Waals surface area (Å²) in [5, 5.41) is 7.47. The fourth-order valence-electron chi connectivity index (χ4n) is 2.72. The maximum atomic E-state index is 12.5. The fourth-order valence-corrected chi connectivity index (χ4v) is 3.58. The van der Waals surface area contributed by atoms with Crippen LogP contribution in [0.15, 0.2) is 6.20 Å². The molecule has 1 aliphatic heterocycles. The van der Waals surface area contributed by atoms with Crippen molar-refractivity contribution in [2.24, 2.45) is 5.41 Å². The van der Waals surface area contributed by atoms with Gasteiger partial charge >= 0.3 is 0 Å². The third-order valence-electron chi connectivity index (χ3n) is 4.04. The van der Waals surface area contributed by atoms with Gasteiger partial charge in [-0.25, -0.2) is 4.98 Å². The number of hydrogen-bond acceptors (Lipinski definition) is 5. The fraction of sp³-hybridized carbons (Fsp3) is 0.733. The molecule has 0 spiro atoms. The van der Waals surface area contributed by atoms with Crippen LogP contribution in [-0.2, 0) is 22.4 Å². The highest BCUT2D eigenvalue weighted by atomic mass is 35.5. The first-order valence-corrected chi connectivity index (χ1v) is 8.43. The van der Waals surface area contributed by atoms with Gasteiger partial charge in [0.05, 0.1) is 17.0 Å². The quantitative estimate of drug-likeness (QED) is 0.757. The lowest BCUT2D eigenvalue weighted by Crippen LogP contribution is -2.50. The summed E-state index contributed by atoms with van der Waals surface area (Å²) in [7, 11) is 1.67. The number of hydrogen-bond donors (Lipinski definition) is 2. The molecule has 23 heavy (non-hydrogen) atoms. The number of nitrogens with zero attached hydrogens (tertiary/aromatic N) is 1. The van der Waals surface area contributed by atoms with E-state index in [2.05, 4.69) is 22.5 Å². The minimum absolute atomic E-state index is 0. The Hall–Kier alpha value is -0.400. The van der Waals surface area contributed by atoms with Gasteiger partial charge in [-0.2, -0.15) is 0 Å². The normalized spacial score (nSPS) is 16.1. The predicted octanol–water partition coefficient (Wildman–Crippen LogP) is 2.22. The number of methoxy groups -OCH3 is 1. The summed E-state index contributed by atoms with van der Waals surface area (Å²) in [6.07, 6.45) is 5.43. The van der Waals surface area contributed by atoms with Gasteiger partial charge < -0.3 is 15.4 Å². The van der Waals surface area contributed by atoms with Crippen LogP contribution in [0, 0.1) is 5.41 Å². The van der Waals surface area contributed by atoms with E-state index >= 15 is 0 Å². The lowest BCUT2D eigenvalue weighted by Gasteiger charge is -2.35. The number of thiazole rings is 1. The lowest BCUT2D eigenvalue weighted by molar-refractivity contribution is -0.136. The van der Waals surface area contributed by atoms with Crippen LogP contribution in [0.2, 0.25) is 0 Å². The van der Waals surface area contributed by atoms with Crippen molar-refractivity contribution in [2.45, 2.75) is 32.6 Å². The third kappa shape index (κ3) is 6.19. The van der Waals surface area contributed by atoms with Gasteiger partial charge in [0.25, 0.3) is 0 Å². The van der Waals surface area contributed by atoms with Crippen LogP contribution in [0.25, 0.3) is 0 Å². The van der Waals surface area contributed by atoms with E-state index in [9.17, 15) is 4.79 Å². The number of piperidine rings is 1. The van der Waals surface area contributed by atoms with E-state index in [1.165, 1.54) is 4.88 Å². The molecule has 0 aromatic carbocycles. The topological polar surface area (TPSA) is 63.2 Å². The molecule has 1 saturated heterocycles. The summed E-state index contributed by atoms with van der Waals surface area (Å²) >= 11 is 1.73. The molecule has 1 fully saturated rings. The molecule has 134 valence electrons. The van der Waals surface area contributed by atoms with E-state index in [4.69, 9.17) is 4.74 Å². The summed E-state index contributed by atoms with van der Waals surface area (Å²) in [6.45, 7) is 5.03. The number of nitrogens with one attached hydrogen (secondary N) is 2. The molecule has 0 unspecified atom stereocenters. The van der Waals surface area contributed by atoms with Crippen LogP contribution in [-0.4, -0.2) is 44.2 Å². The maximum Gasteiger partial charge on any atom is 0.228 e. The van der Waals surface area contributed by atoms with Crippen molar-refractivity contribution < 1.29 is 9.53 Å². The van der Waals surface area contributed by atoms with Crippen LogP contribution >= 0.6 is 36.2 Å². The maximum absolute atomic E-state index is 12.5. The van der Waals surface area contributed by atoms with E-state index < -0.39 is 0 Å². The van der Waals surface area contributed by atoms with Gasteiger partial charge in [-0.15, -0.1) is 36.2 Å². The molecule has 1 amide bonds. The zero-order valence-electron chi connectivity index (χ0n) is 13.7. The van der Waals surface area contributed by atoms with Crippen molar-refractivity contribution in [3.63, 3.8) is 0 Å². The number of carbonyl (C=O) groups is 1. The van der Waals surface area contributed by atoms with E-state index in [1.807, 2.05) is 6.20 Å². The van der Waals surface area contributed by atoms with E-state index in [-0.39, 0.29) is 36.1 Å². The van der Waals surface area contributed by atoms with Crippen molar-refractivity contribution in [2.75, 3.05) is 33.4 Å². The highest BCUT2D eigenvalue weighted by molar-refractivity contribution is 7.11. The Bertz CT molecular complexity index is 460. The van der Waals surface area contributed by atoms with Crippen LogP contribution in [0.1, 0.15) is 29.7 Å². The number of rotatable bonds is 7. The van der Waals surface area contributed by atoms with Gasteiger partial charge in [-0.1, -0.05) is 6.92 Å². The molecular weight excluding hydrogens is 357 g/mol. The Morgan fingerprint density at radius 1 is 1.43 bits per heavy atom. The number of carbonyl (C=O) groups excluding carboxylic acids is 1. The molecular formula is C15H27Cl2N3O2S. The van der Waals surface area contributed by atoms with Crippen LogP contribution in [0.5, 0.6) is 0 Å². The lowest BCUT2D eigenvalue weighted by atomic mass is 9.78. The molecule has 5 nitrogen and oxygen atoms in total. The second-order valence-electron chi connectivity index (χ2n) is 5.54. The summed E-state index contributed by atoms with van der Waals surface area (Å²) in [5.74, 6) is 0.123. The Kier molecular flexibility index (Phi) is 11.0. The predicted molar refractivity (Wildman–Crippen MR) is 99.1 cm³/mol. The zero-order chi connectivity index (χ0) is 15.1. The van der Waals surface area contributed by atoms with E-state index in [0.29, 0.717) is 13.2 Å². The number of ether oxygens (including phenoxy) is 1. The van der Waals surface area contributed by atoms with Crippen LogP contribution < -0.4 is 10.6 Å². The van der Waals surface area contributed by atoms with Crippen LogP contribution in [0.3, 0.4) is 0 Å². The molecule has 2 N–H and O–H groups in total. The number of amides is 1. The van der Waals surface area contributed by atoms with Crippen LogP contribution in [0.4, 0.5) is 0 Å². The minimum atomic E-state index is -0.364. The second-order valence-corrected chi connectivity index (χ2v) is 6.74. The van der Waals surface area contributed by atoms with Gasteiger partial charge in [0.15, 0.2) is 0 Å². The van der Waals surface area contributed by atoms with Crippen molar-refractivity contribution in [1.29, 1.82) is 0 Å². The molecule has 2 rings (SSSR count). The molecule has 1 aliphatic rings. The first-order valence-electron chi connectivity index (χ1n) is 7.62.